The third kappa shape index (κ3) is 5.15. The summed E-state index contributed by atoms with van der Waals surface area (Å²) in [6.07, 6.45) is 2.72. The van der Waals surface area contributed by atoms with Gasteiger partial charge in [-0.1, -0.05) is 36.4 Å². The highest BCUT2D eigenvalue weighted by Crippen LogP contribution is 2.32. The summed E-state index contributed by atoms with van der Waals surface area (Å²) in [5.74, 6) is -0.266. The molecule has 1 aromatic heterocycles. The maximum atomic E-state index is 15.1. The van der Waals surface area contributed by atoms with Crippen molar-refractivity contribution in [3.63, 3.8) is 0 Å². The number of hydrogen-bond acceptors (Lipinski definition) is 6. The molecule has 0 unspecified atom stereocenters. The number of piperidine rings is 1. The monoisotopic (exact) mass is 530 g/mol. The number of para-hydroxylation sites is 4. The lowest BCUT2D eigenvalue weighted by molar-refractivity contribution is 0.0723. The molecule has 200 valence electrons. The topological polar surface area (TPSA) is 103 Å². The van der Waals surface area contributed by atoms with Crippen LogP contribution in [0.4, 0.5) is 14.9 Å². The van der Waals surface area contributed by atoms with Crippen LogP contribution in [-0.2, 0) is 0 Å². The predicted octanol–water partition coefficient (Wildman–Crippen LogP) is 4.48. The molecule has 2 heterocycles. The van der Waals surface area contributed by atoms with Crippen molar-refractivity contribution in [1.82, 2.24) is 24.7 Å². The summed E-state index contributed by atoms with van der Waals surface area (Å²) in [4.78, 5) is 43.1. The molecule has 0 atom stereocenters. The van der Waals surface area contributed by atoms with E-state index in [2.05, 4.69) is 10.4 Å². The lowest BCUT2D eigenvalue weighted by Gasteiger charge is -2.27. The van der Waals surface area contributed by atoms with Gasteiger partial charge in [-0.05, 0) is 73.0 Å². The van der Waals surface area contributed by atoms with Crippen molar-refractivity contribution in [3.8, 4) is 17.2 Å². The molecule has 1 saturated heterocycles. The van der Waals surface area contributed by atoms with Gasteiger partial charge < -0.3 is 9.64 Å². The third-order valence-electron chi connectivity index (χ3n) is 6.51. The van der Waals surface area contributed by atoms with Crippen molar-refractivity contribution in [2.45, 2.75) is 26.2 Å². The fraction of sp³-hybridized carbons (Fsp3) is 0.250. The highest BCUT2D eigenvalue weighted by Gasteiger charge is 2.28. The van der Waals surface area contributed by atoms with Gasteiger partial charge in [0.05, 0.1) is 11.3 Å². The van der Waals surface area contributed by atoms with E-state index in [1.165, 1.54) is 17.0 Å². The van der Waals surface area contributed by atoms with Crippen molar-refractivity contribution in [2.24, 2.45) is 0 Å². The van der Waals surface area contributed by atoms with Crippen LogP contribution >= 0.6 is 0 Å². The number of ether oxygens (including phenoxy) is 1. The summed E-state index contributed by atoms with van der Waals surface area (Å²) in [5, 5.41) is 7.53. The average Bonchev–Trinajstić information content (AvgIpc) is 3.35. The second kappa shape index (κ2) is 11.3. The minimum Gasteiger partial charge on any atom is -0.455 e. The number of tetrazole rings is 1. The van der Waals surface area contributed by atoms with E-state index in [0.717, 1.165) is 25.3 Å². The molecule has 0 aliphatic carbocycles. The molecular formula is C28H27FN6O4. The Morgan fingerprint density at radius 2 is 1.64 bits per heavy atom. The zero-order valence-electron chi connectivity index (χ0n) is 21.4. The molecule has 1 aliphatic heterocycles. The SMILES string of the molecule is CCN(C(=O)n1nnn(-c2c(F)cccc2C(=O)N2CCCCC2)c1=O)c1ccccc1Oc1ccccc1. The average molecular weight is 531 g/mol. The number of carbonyl (C=O) groups excluding carboxylic acids is 2. The smallest absolute Gasteiger partial charge is 0.377 e. The van der Waals surface area contributed by atoms with E-state index in [9.17, 15) is 14.4 Å². The molecule has 0 radical (unpaired) electrons. The number of hydrogen-bond donors (Lipinski definition) is 0. The van der Waals surface area contributed by atoms with Crippen LogP contribution in [0.15, 0.2) is 77.6 Å². The van der Waals surface area contributed by atoms with Crippen LogP contribution in [0.2, 0.25) is 0 Å². The first-order valence-corrected chi connectivity index (χ1v) is 12.8. The third-order valence-corrected chi connectivity index (χ3v) is 6.51. The van der Waals surface area contributed by atoms with E-state index in [0.29, 0.717) is 39.6 Å². The summed E-state index contributed by atoms with van der Waals surface area (Å²) >= 11 is 0. The van der Waals surface area contributed by atoms with Crippen LogP contribution in [0.5, 0.6) is 11.5 Å². The van der Waals surface area contributed by atoms with E-state index < -0.39 is 23.4 Å². The Kier molecular flexibility index (Phi) is 7.48. The van der Waals surface area contributed by atoms with Crippen molar-refractivity contribution in [3.05, 3.63) is 94.7 Å². The fourth-order valence-electron chi connectivity index (χ4n) is 4.58. The summed E-state index contributed by atoms with van der Waals surface area (Å²) in [5.41, 5.74) is -0.958. The molecule has 0 saturated carbocycles. The number of anilines is 1. The molecule has 4 aromatic rings. The molecule has 1 aliphatic rings. The quantitative estimate of drug-likeness (QED) is 0.341. The zero-order valence-corrected chi connectivity index (χ0v) is 21.4. The summed E-state index contributed by atoms with van der Waals surface area (Å²) in [6, 6.07) is 19.1. The summed E-state index contributed by atoms with van der Waals surface area (Å²) < 4.78 is 22.3. The van der Waals surface area contributed by atoms with Crippen LogP contribution in [0.3, 0.4) is 0 Å². The number of aromatic nitrogens is 4. The second-order valence-corrected chi connectivity index (χ2v) is 8.98. The Morgan fingerprint density at radius 3 is 2.38 bits per heavy atom. The van der Waals surface area contributed by atoms with E-state index in [1.54, 1.807) is 48.2 Å². The molecule has 11 heteroatoms. The number of likely N-dealkylation sites (tertiary alicyclic amines) is 1. The summed E-state index contributed by atoms with van der Waals surface area (Å²) in [7, 11) is 0. The maximum Gasteiger partial charge on any atom is 0.377 e. The van der Waals surface area contributed by atoms with Gasteiger partial charge in [0.15, 0.2) is 5.75 Å². The number of benzene rings is 3. The molecule has 3 aromatic carbocycles. The molecular weight excluding hydrogens is 503 g/mol. The van der Waals surface area contributed by atoms with Gasteiger partial charge in [0.2, 0.25) is 0 Å². The van der Waals surface area contributed by atoms with Gasteiger partial charge in [-0.25, -0.2) is 14.0 Å². The Balaban J connectivity index is 1.49. The first kappa shape index (κ1) is 25.8. The van der Waals surface area contributed by atoms with Crippen LogP contribution < -0.4 is 15.3 Å². The van der Waals surface area contributed by atoms with Gasteiger partial charge in [0, 0.05) is 19.6 Å². The minimum absolute atomic E-state index is 0.0209. The number of nitrogens with zero attached hydrogens (tertiary/aromatic N) is 6. The van der Waals surface area contributed by atoms with Gasteiger partial charge in [0.25, 0.3) is 5.91 Å². The highest BCUT2D eigenvalue weighted by molar-refractivity contribution is 5.98. The summed E-state index contributed by atoms with van der Waals surface area (Å²) in [6.45, 7) is 3.00. The largest absolute Gasteiger partial charge is 0.455 e. The van der Waals surface area contributed by atoms with E-state index in [-0.39, 0.29) is 17.8 Å². The molecule has 39 heavy (non-hydrogen) atoms. The molecule has 0 bridgehead atoms. The number of amides is 2. The first-order chi connectivity index (χ1) is 19.0. The van der Waals surface area contributed by atoms with Gasteiger partial charge in [-0.15, -0.1) is 4.68 Å². The van der Waals surface area contributed by atoms with Gasteiger partial charge >= 0.3 is 11.7 Å². The lowest BCUT2D eigenvalue weighted by Crippen LogP contribution is -2.41. The van der Waals surface area contributed by atoms with E-state index in [1.807, 2.05) is 18.2 Å². The van der Waals surface area contributed by atoms with Gasteiger partial charge in [-0.2, -0.15) is 4.68 Å². The second-order valence-electron chi connectivity index (χ2n) is 8.98. The van der Waals surface area contributed by atoms with E-state index in [4.69, 9.17) is 4.74 Å². The number of carbonyl (C=O) groups is 2. The first-order valence-electron chi connectivity index (χ1n) is 12.8. The van der Waals surface area contributed by atoms with Crippen molar-refractivity contribution in [1.29, 1.82) is 0 Å². The van der Waals surface area contributed by atoms with E-state index >= 15 is 4.39 Å². The van der Waals surface area contributed by atoms with Gasteiger partial charge in [-0.3, -0.25) is 9.69 Å². The van der Waals surface area contributed by atoms with Crippen LogP contribution in [0.1, 0.15) is 36.5 Å². The molecule has 0 spiro atoms. The Labute approximate surface area is 223 Å². The van der Waals surface area contributed by atoms with Crippen molar-refractivity contribution < 1.29 is 18.7 Å². The molecule has 2 amide bonds. The normalized spacial score (nSPS) is 13.2. The fourth-order valence-corrected chi connectivity index (χ4v) is 4.58. The number of rotatable bonds is 6. The molecule has 10 nitrogen and oxygen atoms in total. The van der Waals surface area contributed by atoms with Crippen LogP contribution in [-0.4, -0.2) is 56.3 Å². The Hall–Kier alpha value is -4.80. The number of halogens is 1. The maximum absolute atomic E-state index is 15.1. The van der Waals surface area contributed by atoms with Crippen LogP contribution in [0.25, 0.3) is 5.69 Å². The highest BCUT2D eigenvalue weighted by atomic mass is 19.1. The molecule has 5 rings (SSSR count). The van der Waals surface area contributed by atoms with Crippen molar-refractivity contribution in [2.75, 3.05) is 24.5 Å². The lowest BCUT2D eigenvalue weighted by atomic mass is 10.1. The van der Waals surface area contributed by atoms with Gasteiger partial charge in [0.1, 0.15) is 17.3 Å². The minimum atomic E-state index is -1.00. The van der Waals surface area contributed by atoms with Crippen LogP contribution in [0, 0.1) is 5.82 Å². The zero-order chi connectivity index (χ0) is 27.4. The standard InChI is InChI=1S/C28H27FN6O4/c1-2-33(23-16-7-8-17-24(23)39-20-12-5-3-6-13-20)27(37)35-28(38)34(30-31-35)25-21(14-11-15-22(25)29)26(36)32-18-9-4-10-19-32/h3,5-8,11-17H,2,4,9-10,18-19H2,1H3. The molecule has 1 fully saturated rings. The van der Waals surface area contributed by atoms with Crippen molar-refractivity contribution >= 4 is 17.6 Å². The Morgan fingerprint density at radius 1 is 0.923 bits per heavy atom. The predicted molar refractivity (Wildman–Crippen MR) is 142 cm³/mol. The molecule has 0 N–H and O–H groups in total. The Bertz CT molecular complexity index is 1550.